The van der Waals surface area contributed by atoms with Crippen LogP contribution >= 0.6 is 70.6 Å². The molecule has 4 heterocycles. The van der Waals surface area contributed by atoms with Crippen LogP contribution in [0.4, 0.5) is 0 Å². The van der Waals surface area contributed by atoms with Gasteiger partial charge in [-0.1, -0.05) is 0 Å². The van der Waals surface area contributed by atoms with Crippen LogP contribution in [0.25, 0.3) is 0 Å². The van der Waals surface area contributed by atoms with E-state index in [9.17, 15) is 0 Å². The number of hydrogen-bond acceptors (Lipinski definition) is 6. The Kier molecular flexibility index (Phi) is 6.75. The fourth-order valence-corrected chi connectivity index (χ4v) is 22.1. The molecule has 0 nitrogen and oxygen atoms in total. The van der Waals surface area contributed by atoms with E-state index in [1.54, 1.807) is 30.1 Å². The van der Waals surface area contributed by atoms with E-state index in [-0.39, 0.29) is 0 Å². The molecule has 124 valence electrons. The van der Waals surface area contributed by atoms with Gasteiger partial charge in [0.15, 0.2) is 0 Å². The molecule has 0 amide bonds. The van der Waals surface area contributed by atoms with Gasteiger partial charge in [-0.3, -0.25) is 0 Å². The molecule has 0 saturated heterocycles. The maximum absolute atomic E-state index is 2.29. The van der Waals surface area contributed by atoms with Crippen molar-refractivity contribution in [2.75, 3.05) is 11.5 Å². The summed E-state index contributed by atoms with van der Waals surface area (Å²) in [5, 5.41) is 0. The van der Waals surface area contributed by atoms with Gasteiger partial charge in [-0.25, -0.2) is 0 Å². The minimum atomic E-state index is 0.637. The van der Waals surface area contributed by atoms with Crippen LogP contribution in [0.2, 0.25) is 0 Å². The van der Waals surface area contributed by atoms with Gasteiger partial charge in [0.1, 0.15) is 0 Å². The van der Waals surface area contributed by atoms with Crippen molar-refractivity contribution in [2.45, 2.75) is 33.1 Å². The van der Waals surface area contributed by atoms with Crippen LogP contribution in [0.15, 0.2) is 33.5 Å². The molecule has 4 aliphatic heterocycles. The van der Waals surface area contributed by atoms with E-state index in [1.807, 2.05) is 26.9 Å². The molecular weight excluding hydrogens is 530 g/mol. The molecule has 0 aliphatic carbocycles. The Morgan fingerprint density at radius 2 is 1.39 bits per heavy atom. The third kappa shape index (κ3) is 4.02. The van der Waals surface area contributed by atoms with Crippen LogP contribution in [0, 0.1) is 0 Å². The molecule has 0 aromatic rings. The van der Waals surface area contributed by atoms with Gasteiger partial charge in [0.05, 0.1) is 0 Å². The molecule has 4 aliphatic rings. The van der Waals surface area contributed by atoms with Gasteiger partial charge in [0, 0.05) is 0 Å². The number of rotatable bonds is 2. The van der Waals surface area contributed by atoms with E-state index in [0.29, 0.717) is 29.9 Å². The Labute approximate surface area is 176 Å². The van der Waals surface area contributed by atoms with Gasteiger partial charge in [-0.05, 0) is 0 Å². The van der Waals surface area contributed by atoms with Crippen LogP contribution in [0.3, 0.4) is 0 Å². The third-order valence-electron chi connectivity index (χ3n) is 3.51. The van der Waals surface area contributed by atoms with Gasteiger partial charge in [-0.15, -0.1) is 0 Å². The fraction of sp³-hybridized carbons (Fsp3) is 0.467. The average Bonchev–Trinajstić information content (AvgIpc) is 3.18. The first-order chi connectivity index (χ1) is 11.3. The molecule has 0 aromatic carbocycles. The molecular formula is C15H16S6Se2. The van der Waals surface area contributed by atoms with Gasteiger partial charge >= 0.3 is 179 Å². The van der Waals surface area contributed by atoms with Crippen molar-refractivity contribution in [1.29, 1.82) is 0 Å². The summed E-state index contributed by atoms with van der Waals surface area (Å²) in [5.74, 6) is 2.69. The molecule has 0 atom stereocenters. The first kappa shape index (κ1) is 18.5. The predicted octanol–water partition coefficient (Wildman–Crippen LogP) is 6.65. The Morgan fingerprint density at radius 1 is 0.826 bits per heavy atom. The molecule has 0 radical (unpaired) electrons. The standard InChI is InChI=1S/C15H16S6Se2/c1-3-8(4-2)9-18-10-11(19-9)21-12(20-10)15-22-13-14(23-15)17-7-5-6-16-13/h3-7H2,1-2H3. The summed E-state index contributed by atoms with van der Waals surface area (Å²) in [6.45, 7) is 4.59. The molecule has 8 heteroatoms. The Balaban J connectivity index is 1.45. The van der Waals surface area contributed by atoms with Crippen LogP contribution in [0.1, 0.15) is 33.1 Å². The molecule has 0 unspecified atom stereocenters. The maximum atomic E-state index is 2.29. The molecule has 23 heavy (non-hydrogen) atoms. The van der Waals surface area contributed by atoms with E-state index in [4.69, 9.17) is 0 Å². The zero-order valence-corrected chi connectivity index (χ0v) is 21.1. The average molecular weight is 547 g/mol. The molecule has 0 N–H and O–H groups in total. The predicted molar refractivity (Wildman–Crippen MR) is 120 cm³/mol. The second-order valence-corrected chi connectivity index (χ2v) is 19.1. The number of hydrogen-bond donors (Lipinski definition) is 0. The van der Waals surface area contributed by atoms with E-state index < -0.39 is 0 Å². The molecule has 0 bridgehead atoms. The number of thioether (sulfide) groups is 6. The van der Waals surface area contributed by atoms with E-state index in [0.717, 1.165) is 0 Å². The van der Waals surface area contributed by atoms with Crippen LogP contribution in [-0.4, -0.2) is 41.4 Å². The topological polar surface area (TPSA) is 0 Å². The summed E-state index contributed by atoms with van der Waals surface area (Å²) < 4.78 is 11.7. The molecule has 0 fully saturated rings. The Bertz CT molecular complexity index is 613. The first-order valence-electron chi connectivity index (χ1n) is 7.56. The van der Waals surface area contributed by atoms with Gasteiger partial charge < -0.3 is 0 Å². The monoisotopic (exact) mass is 548 g/mol. The van der Waals surface area contributed by atoms with E-state index in [2.05, 4.69) is 60.9 Å². The summed E-state index contributed by atoms with van der Waals surface area (Å²) in [4.78, 5) is 0. The van der Waals surface area contributed by atoms with Crippen LogP contribution in [0.5, 0.6) is 0 Å². The van der Waals surface area contributed by atoms with Gasteiger partial charge in [0.25, 0.3) is 0 Å². The zero-order valence-electron chi connectivity index (χ0n) is 12.8. The quantitative estimate of drug-likeness (QED) is 0.353. The first-order valence-corrected chi connectivity index (χ1v) is 16.2. The van der Waals surface area contributed by atoms with E-state index >= 15 is 0 Å². The van der Waals surface area contributed by atoms with E-state index in [1.165, 1.54) is 30.8 Å². The van der Waals surface area contributed by atoms with Crippen molar-refractivity contribution in [1.82, 2.24) is 0 Å². The minimum absolute atomic E-state index is 0.637. The van der Waals surface area contributed by atoms with Crippen molar-refractivity contribution >= 4 is 100 Å². The molecule has 0 aromatic heterocycles. The van der Waals surface area contributed by atoms with Gasteiger partial charge in [-0.2, -0.15) is 0 Å². The summed E-state index contributed by atoms with van der Waals surface area (Å²) in [5.41, 5.74) is 1.64. The van der Waals surface area contributed by atoms with Crippen LogP contribution < -0.4 is 0 Å². The van der Waals surface area contributed by atoms with Crippen molar-refractivity contribution in [3.05, 3.63) is 33.5 Å². The molecule has 4 rings (SSSR count). The van der Waals surface area contributed by atoms with Crippen molar-refractivity contribution < 1.29 is 0 Å². The Hall–Kier alpha value is 2.10. The summed E-state index contributed by atoms with van der Waals surface area (Å²) in [6, 6.07) is 0. The number of allylic oxidation sites excluding steroid dienone is 1. The van der Waals surface area contributed by atoms with Crippen molar-refractivity contribution in [3.63, 3.8) is 0 Å². The molecule has 0 spiro atoms. The third-order valence-corrected chi connectivity index (χ3v) is 21.2. The van der Waals surface area contributed by atoms with Gasteiger partial charge in [0.2, 0.25) is 0 Å². The summed E-state index contributed by atoms with van der Waals surface area (Å²) in [6.07, 6.45) is 3.79. The van der Waals surface area contributed by atoms with Crippen molar-refractivity contribution in [2.24, 2.45) is 0 Å². The van der Waals surface area contributed by atoms with Crippen molar-refractivity contribution in [3.8, 4) is 0 Å². The SMILES string of the molecule is CCC(CC)=C1SC2=C(S1)SC(=C1[Se]C3=C(SCCCS3)[Se]1)S2. The normalized spacial score (nSPS) is 24.5. The summed E-state index contributed by atoms with van der Waals surface area (Å²) >= 11 is 13.9. The Morgan fingerprint density at radius 3 is 1.91 bits per heavy atom. The second kappa shape index (κ2) is 8.41. The fourth-order valence-electron chi connectivity index (χ4n) is 2.27. The summed E-state index contributed by atoms with van der Waals surface area (Å²) in [7, 11) is 0. The molecule has 0 saturated carbocycles. The zero-order chi connectivity index (χ0) is 15.8. The second-order valence-electron chi connectivity index (χ2n) is 4.99. The van der Waals surface area contributed by atoms with Crippen LogP contribution in [-0.2, 0) is 0 Å².